The Morgan fingerprint density at radius 2 is 1.91 bits per heavy atom. The van der Waals surface area contributed by atoms with Crippen LogP contribution in [0.3, 0.4) is 0 Å². The minimum atomic E-state index is -0.554. The lowest BCUT2D eigenvalue weighted by Crippen LogP contribution is -2.05. The van der Waals surface area contributed by atoms with Crippen molar-refractivity contribution in [3.63, 3.8) is 0 Å². The molecule has 0 saturated heterocycles. The maximum Gasteiger partial charge on any atom is 0.229 e. The summed E-state index contributed by atoms with van der Waals surface area (Å²) in [6.07, 6.45) is 4.93. The van der Waals surface area contributed by atoms with Crippen LogP contribution in [0, 0.1) is 11.6 Å². The normalized spacial score (nSPS) is 10.9. The number of aromatic nitrogens is 4. The Kier molecular flexibility index (Phi) is 6.66. The second kappa shape index (κ2) is 9.80. The lowest BCUT2D eigenvalue weighted by molar-refractivity contribution is 0.183. The second-order valence-electron chi connectivity index (χ2n) is 7.06. The molecule has 2 heterocycles. The molecule has 0 bridgehead atoms. The summed E-state index contributed by atoms with van der Waals surface area (Å²) in [7, 11) is 1.62. The summed E-state index contributed by atoms with van der Waals surface area (Å²) < 4.78 is 34.8. The topological polar surface area (TPSA) is 103 Å². The fraction of sp³-hybridized carbons (Fsp3) is 0.136. The number of hydrogen-bond acceptors (Lipinski definition) is 7. The first-order chi connectivity index (χ1) is 15.9. The molecule has 4 rings (SSSR count). The first-order valence-corrected chi connectivity index (χ1v) is 10.2. The fourth-order valence-corrected chi connectivity index (χ4v) is 3.22. The van der Waals surface area contributed by atoms with Crippen LogP contribution < -0.4 is 16.4 Å². The zero-order chi connectivity index (χ0) is 23.4. The lowest BCUT2D eigenvalue weighted by atomic mass is 10.1. The molecule has 0 aliphatic carbocycles. The number of nitrogens with zero attached hydrogens (tertiary/aromatic N) is 4. The highest BCUT2D eigenvalue weighted by atomic mass is 35.5. The molecule has 0 atom stereocenters. The van der Waals surface area contributed by atoms with E-state index in [-0.39, 0.29) is 22.5 Å². The maximum atomic E-state index is 14.4. The highest BCUT2D eigenvalue weighted by Gasteiger charge is 2.14. The monoisotopic (exact) mass is 471 g/mol. The Bertz CT molecular complexity index is 1280. The first-order valence-electron chi connectivity index (χ1n) is 9.86. The van der Waals surface area contributed by atoms with Gasteiger partial charge in [-0.15, -0.1) is 0 Å². The van der Waals surface area contributed by atoms with Gasteiger partial charge in [-0.25, -0.2) is 13.8 Å². The predicted octanol–water partition coefficient (Wildman–Crippen LogP) is 4.99. The summed E-state index contributed by atoms with van der Waals surface area (Å²) in [5.74, 6) is -0.558. The van der Waals surface area contributed by atoms with Gasteiger partial charge in [0.15, 0.2) is 0 Å². The van der Waals surface area contributed by atoms with E-state index in [1.165, 1.54) is 42.6 Å². The van der Waals surface area contributed by atoms with Crippen molar-refractivity contribution in [1.82, 2.24) is 19.7 Å². The Balaban J connectivity index is 1.70. The Hall–Kier alpha value is -3.76. The van der Waals surface area contributed by atoms with Crippen LogP contribution in [0.15, 0.2) is 55.0 Å². The van der Waals surface area contributed by atoms with Crippen LogP contribution in [0.5, 0.6) is 0 Å². The van der Waals surface area contributed by atoms with Crippen LogP contribution >= 0.6 is 11.6 Å². The van der Waals surface area contributed by atoms with Crippen molar-refractivity contribution < 1.29 is 13.5 Å². The molecule has 0 aliphatic heterocycles. The van der Waals surface area contributed by atoms with Crippen LogP contribution in [-0.2, 0) is 11.3 Å². The molecule has 0 radical (unpaired) electrons. The second-order valence-corrected chi connectivity index (χ2v) is 7.47. The number of methoxy groups -OCH3 is 1. The van der Waals surface area contributed by atoms with Crippen molar-refractivity contribution in [2.75, 3.05) is 30.1 Å². The highest BCUT2D eigenvalue weighted by Crippen LogP contribution is 2.33. The number of hydrogen-bond donors (Lipinski definition) is 3. The van der Waals surface area contributed by atoms with E-state index in [1.807, 2.05) is 0 Å². The number of ether oxygens (including phenoxy) is 1. The van der Waals surface area contributed by atoms with E-state index in [0.29, 0.717) is 35.7 Å². The molecule has 11 heteroatoms. The van der Waals surface area contributed by atoms with Gasteiger partial charge < -0.3 is 21.1 Å². The summed E-state index contributed by atoms with van der Waals surface area (Å²) in [6, 6.07) is 8.38. The van der Waals surface area contributed by atoms with Crippen LogP contribution in [0.2, 0.25) is 5.02 Å². The molecule has 2 aromatic heterocycles. The summed E-state index contributed by atoms with van der Waals surface area (Å²) in [5, 5.41) is 10.2. The number of benzene rings is 2. The summed E-state index contributed by atoms with van der Waals surface area (Å²) in [5.41, 5.74) is 8.00. The third kappa shape index (κ3) is 5.36. The van der Waals surface area contributed by atoms with Gasteiger partial charge in [-0.2, -0.15) is 10.1 Å². The molecule has 4 aromatic rings. The fourth-order valence-electron chi connectivity index (χ4n) is 3.04. The number of nitrogens with one attached hydrogen (secondary N) is 2. The molecule has 170 valence electrons. The molecular formula is C22H20ClF2N7O. The largest absolute Gasteiger partial charge is 0.399 e. The van der Waals surface area contributed by atoms with Gasteiger partial charge in [0.2, 0.25) is 5.95 Å². The average molecular weight is 472 g/mol. The number of anilines is 5. The van der Waals surface area contributed by atoms with Crippen molar-refractivity contribution in [3.8, 4) is 11.1 Å². The molecule has 0 amide bonds. The molecule has 2 aromatic carbocycles. The molecule has 33 heavy (non-hydrogen) atoms. The van der Waals surface area contributed by atoms with E-state index in [2.05, 4.69) is 25.7 Å². The molecular weight excluding hydrogens is 452 g/mol. The SMILES string of the molecule is COCCn1cc(Nc2ncc(-c3ccc(F)c(Cl)c3)c(Nc3cc(N)ccc3F)n2)cn1. The van der Waals surface area contributed by atoms with Crippen LogP contribution in [0.4, 0.5) is 37.6 Å². The number of nitrogens with two attached hydrogens (primary N) is 1. The van der Waals surface area contributed by atoms with E-state index in [4.69, 9.17) is 22.1 Å². The van der Waals surface area contributed by atoms with Gasteiger partial charge >= 0.3 is 0 Å². The number of halogens is 3. The van der Waals surface area contributed by atoms with Gasteiger partial charge in [0.05, 0.1) is 35.7 Å². The molecule has 0 saturated carbocycles. The molecule has 0 fully saturated rings. The molecule has 0 spiro atoms. The molecule has 8 nitrogen and oxygen atoms in total. The Morgan fingerprint density at radius 3 is 2.70 bits per heavy atom. The Labute approximate surface area is 193 Å². The minimum absolute atomic E-state index is 0.0562. The van der Waals surface area contributed by atoms with Crippen LogP contribution in [0.25, 0.3) is 11.1 Å². The zero-order valence-corrected chi connectivity index (χ0v) is 18.3. The summed E-state index contributed by atoms with van der Waals surface area (Å²) >= 11 is 5.96. The molecule has 0 aliphatic rings. The third-order valence-corrected chi connectivity index (χ3v) is 4.97. The lowest BCUT2D eigenvalue weighted by Gasteiger charge is -2.14. The molecule has 0 unspecified atom stereocenters. The van der Waals surface area contributed by atoms with Gasteiger partial charge in [0.25, 0.3) is 0 Å². The van der Waals surface area contributed by atoms with Crippen molar-refractivity contribution in [2.45, 2.75) is 6.54 Å². The molecule has 4 N–H and O–H groups in total. The van der Waals surface area contributed by atoms with Gasteiger partial charge in [-0.3, -0.25) is 4.68 Å². The number of rotatable bonds is 8. The maximum absolute atomic E-state index is 14.4. The quantitative estimate of drug-likeness (QED) is 0.311. The van der Waals surface area contributed by atoms with Crippen LogP contribution in [0.1, 0.15) is 0 Å². The van der Waals surface area contributed by atoms with Gasteiger partial charge in [0.1, 0.15) is 17.5 Å². The van der Waals surface area contributed by atoms with E-state index < -0.39 is 11.6 Å². The van der Waals surface area contributed by atoms with E-state index in [9.17, 15) is 8.78 Å². The van der Waals surface area contributed by atoms with E-state index >= 15 is 0 Å². The smallest absolute Gasteiger partial charge is 0.229 e. The van der Waals surface area contributed by atoms with Crippen molar-refractivity contribution in [1.29, 1.82) is 0 Å². The Morgan fingerprint density at radius 1 is 1.09 bits per heavy atom. The van der Waals surface area contributed by atoms with Crippen molar-refractivity contribution >= 4 is 40.4 Å². The van der Waals surface area contributed by atoms with Gasteiger partial charge in [-0.05, 0) is 35.9 Å². The van der Waals surface area contributed by atoms with E-state index in [1.54, 1.807) is 24.2 Å². The first kappa shape index (κ1) is 22.4. The van der Waals surface area contributed by atoms with E-state index in [0.717, 1.165) is 0 Å². The van der Waals surface area contributed by atoms with Crippen molar-refractivity contribution in [3.05, 3.63) is 71.6 Å². The third-order valence-electron chi connectivity index (χ3n) is 4.68. The average Bonchev–Trinajstić information content (AvgIpc) is 3.24. The standard InChI is InChI=1S/C22H20ClF2N7O/c1-33-7-6-32-12-15(10-28-32)29-22-27-11-16(13-2-4-18(24)17(23)8-13)21(31-22)30-20-9-14(26)3-5-19(20)25/h2-5,8-12H,6-7,26H2,1H3,(H2,27,29,30,31). The van der Waals surface area contributed by atoms with Gasteiger partial charge in [0, 0.05) is 30.8 Å². The van der Waals surface area contributed by atoms with Gasteiger partial charge in [-0.1, -0.05) is 17.7 Å². The number of nitrogen functional groups attached to an aromatic ring is 1. The predicted molar refractivity (Wildman–Crippen MR) is 124 cm³/mol. The summed E-state index contributed by atoms with van der Waals surface area (Å²) in [4.78, 5) is 8.83. The van der Waals surface area contributed by atoms with Crippen molar-refractivity contribution in [2.24, 2.45) is 0 Å². The zero-order valence-electron chi connectivity index (χ0n) is 17.5. The van der Waals surface area contributed by atoms with Crippen LogP contribution in [-0.4, -0.2) is 33.5 Å². The summed E-state index contributed by atoms with van der Waals surface area (Å²) in [6.45, 7) is 1.11. The minimum Gasteiger partial charge on any atom is -0.399 e. The highest BCUT2D eigenvalue weighted by molar-refractivity contribution is 6.31.